The summed E-state index contributed by atoms with van der Waals surface area (Å²) >= 11 is 0. The zero-order valence-corrected chi connectivity index (χ0v) is 14.4. The van der Waals surface area contributed by atoms with Crippen molar-refractivity contribution in [2.75, 3.05) is 38.0 Å². The molecule has 1 aromatic heterocycles. The van der Waals surface area contributed by atoms with Crippen LogP contribution in [0.4, 0.5) is 10.2 Å². The van der Waals surface area contributed by atoms with Crippen LogP contribution in [0.2, 0.25) is 0 Å². The molecular formula is C18H23FN4O2. The quantitative estimate of drug-likeness (QED) is 0.900. The van der Waals surface area contributed by atoms with Crippen molar-refractivity contribution in [3.8, 4) is 0 Å². The summed E-state index contributed by atoms with van der Waals surface area (Å²) in [6.07, 6.45) is 0.998. The first-order valence-electron chi connectivity index (χ1n) is 8.51. The number of hydrogen-bond donors (Lipinski definition) is 1. The van der Waals surface area contributed by atoms with E-state index in [0.717, 1.165) is 44.7 Å². The molecule has 1 N–H and O–H groups in total. The van der Waals surface area contributed by atoms with Crippen molar-refractivity contribution in [2.24, 2.45) is 0 Å². The standard InChI is InChI=1S/C18H23FN4O2/c1-14-11-17(21-25-14)20-18(24)13-23-8-2-7-22(9-10-23)12-15-3-5-16(19)6-4-15/h3-6,11H,2,7-10,12-13H2,1H3,(H,20,21,24). The maximum absolute atomic E-state index is 13.0. The third-order valence-electron chi connectivity index (χ3n) is 4.26. The van der Waals surface area contributed by atoms with E-state index in [-0.39, 0.29) is 11.7 Å². The summed E-state index contributed by atoms with van der Waals surface area (Å²) in [5.41, 5.74) is 1.11. The lowest BCUT2D eigenvalue weighted by atomic mass is 10.2. The summed E-state index contributed by atoms with van der Waals surface area (Å²) in [4.78, 5) is 16.6. The van der Waals surface area contributed by atoms with Gasteiger partial charge in [0.1, 0.15) is 11.6 Å². The second-order valence-electron chi connectivity index (χ2n) is 6.40. The maximum Gasteiger partial charge on any atom is 0.239 e. The van der Waals surface area contributed by atoms with Crippen molar-refractivity contribution < 1.29 is 13.7 Å². The Labute approximate surface area is 146 Å². The minimum absolute atomic E-state index is 0.0831. The summed E-state index contributed by atoms with van der Waals surface area (Å²) in [6, 6.07) is 8.34. The normalized spacial score (nSPS) is 16.6. The topological polar surface area (TPSA) is 61.6 Å². The molecule has 1 fully saturated rings. The second kappa shape index (κ2) is 8.22. The average Bonchev–Trinajstić information content (AvgIpc) is 2.85. The molecule has 0 aliphatic carbocycles. The van der Waals surface area contributed by atoms with E-state index in [9.17, 15) is 9.18 Å². The van der Waals surface area contributed by atoms with Gasteiger partial charge in [0.15, 0.2) is 5.82 Å². The molecule has 1 aliphatic heterocycles. The van der Waals surface area contributed by atoms with Gasteiger partial charge in [-0.05, 0) is 44.1 Å². The van der Waals surface area contributed by atoms with Crippen LogP contribution in [0.3, 0.4) is 0 Å². The van der Waals surface area contributed by atoms with Crippen LogP contribution >= 0.6 is 0 Å². The number of carbonyl (C=O) groups is 1. The van der Waals surface area contributed by atoms with E-state index in [4.69, 9.17) is 4.52 Å². The molecular weight excluding hydrogens is 323 g/mol. The van der Waals surface area contributed by atoms with Crippen LogP contribution < -0.4 is 5.32 Å². The van der Waals surface area contributed by atoms with Crippen molar-refractivity contribution in [1.29, 1.82) is 0 Å². The summed E-state index contributed by atoms with van der Waals surface area (Å²) < 4.78 is 17.9. The number of anilines is 1. The molecule has 2 heterocycles. The third-order valence-corrected chi connectivity index (χ3v) is 4.26. The van der Waals surface area contributed by atoms with Crippen LogP contribution in [0.5, 0.6) is 0 Å². The highest BCUT2D eigenvalue weighted by molar-refractivity contribution is 5.91. The molecule has 0 saturated carbocycles. The Kier molecular flexibility index (Phi) is 5.78. The highest BCUT2D eigenvalue weighted by atomic mass is 19.1. The lowest BCUT2D eigenvalue weighted by Gasteiger charge is -2.21. The van der Waals surface area contributed by atoms with Gasteiger partial charge in [0.2, 0.25) is 5.91 Å². The van der Waals surface area contributed by atoms with Crippen LogP contribution in [-0.4, -0.2) is 53.6 Å². The van der Waals surface area contributed by atoms with Crippen LogP contribution in [0.15, 0.2) is 34.9 Å². The number of benzene rings is 1. The van der Waals surface area contributed by atoms with Gasteiger partial charge in [-0.25, -0.2) is 4.39 Å². The number of amides is 1. The SMILES string of the molecule is Cc1cc(NC(=O)CN2CCCN(Cc3ccc(F)cc3)CC2)no1. The second-order valence-corrected chi connectivity index (χ2v) is 6.40. The highest BCUT2D eigenvalue weighted by Gasteiger charge is 2.18. The minimum atomic E-state index is -0.209. The molecule has 0 atom stereocenters. The number of aromatic nitrogens is 1. The van der Waals surface area contributed by atoms with Crippen LogP contribution in [0.25, 0.3) is 0 Å². The molecule has 0 bridgehead atoms. The minimum Gasteiger partial charge on any atom is -0.360 e. The zero-order chi connectivity index (χ0) is 17.6. The number of rotatable bonds is 5. The number of aryl methyl sites for hydroxylation is 1. The molecule has 1 amide bonds. The third kappa shape index (κ3) is 5.37. The van der Waals surface area contributed by atoms with Gasteiger partial charge < -0.3 is 9.84 Å². The van der Waals surface area contributed by atoms with Gasteiger partial charge in [-0.1, -0.05) is 17.3 Å². The number of nitrogens with zero attached hydrogens (tertiary/aromatic N) is 3. The highest BCUT2D eigenvalue weighted by Crippen LogP contribution is 2.11. The first-order valence-corrected chi connectivity index (χ1v) is 8.51. The van der Waals surface area contributed by atoms with Gasteiger partial charge in [0.25, 0.3) is 0 Å². The van der Waals surface area contributed by atoms with E-state index in [1.165, 1.54) is 12.1 Å². The molecule has 0 unspecified atom stereocenters. The Morgan fingerprint density at radius 1 is 1.20 bits per heavy atom. The Morgan fingerprint density at radius 2 is 1.92 bits per heavy atom. The first-order chi connectivity index (χ1) is 12.1. The van der Waals surface area contributed by atoms with Crippen molar-refractivity contribution in [3.63, 3.8) is 0 Å². The van der Waals surface area contributed by atoms with Crippen molar-refractivity contribution in [1.82, 2.24) is 15.0 Å². The maximum atomic E-state index is 13.0. The zero-order valence-electron chi connectivity index (χ0n) is 14.4. The van der Waals surface area contributed by atoms with Crippen molar-refractivity contribution >= 4 is 11.7 Å². The average molecular weight is 346 g/mol. The van der Waals surface area contributed by atoms with E-state index < -0.39 is 0 Å². The first kappa shape index (κ1) is 17.6. The van der Waals surface area contributed by atoms with Gasteiger partial charge in [0, 0.05) is 25.7 Å². The van der Waals surface area contributed by atoms with Crippen LogP contribution in [-0.2, 0) is 11.3 Å². The number of halogens is 1. The molecule has 3 rings (SSSR count). The van der Waals surface area contributed by atoms with Gasteiger partial charge in [-0.2, -0.15) is 0 Å². The Balaban J connectivity index is 1.46. The Hall–Kier alpha value is -2.25. The van der Waals surface area contributed by atoms with E-state index in [2.05, 4.69) is 20.3 Å². The molecule has 1 aromatic carbocycles. The summed E-state index contributed by atoms with van der Waals surface area (Å²) in [6.45, 7) is 6.49. The largest absolute Gasteiger partial charge is 0.360 e. The lowest BCUT2D eigenvalue weighted by Crippen LogP contribution is -2.36. The number of hydrogen-bond acceptors (Lipinski definition) is 5. The smallest absolute Gasteiger partial charge is 0.239 e. The number of nitrogens with one attached hydrogen (secondary N) is 1. The fourth-order valence-corrected chi connectivity index (χ4v) is 3.00. The van der Waals surface area contributed by atoms with E-state index in [1.54, 1.807) is 13.0 Å². The van der Waals surface area contributed by atoms with E-state index in [1.807, 2.05) is 12.1 Å². The molecule has 25 heavy (non-hydrogen) atoms. The van der Waals surface area contributed by atoms with E-state index in [0.29, 0.717) is 18.1 Å². The predicted molar refractivity (Wildman–Crippen MR) is 92.6 cm³/mol. The van der Waals surface area contributed by atoms with Gasteiger partial charge in [-0.15, -0.1) is 0 Å². The van der Waals surface area contributed by atoms with Crippen LogP contribution in [0.1, 0.15) is 17.7 Å². The summed E-state index contributed by atoms with van der Waals surface area (Å²) in [5, 5.41) is 6.52. The predicted octanol–water partition coefficient (Wildman–Crippen LogP) is 2.27. The molecule has 2 aromatic rings. The molecule has 1 aliphatic rings. The van der Waals surface area contributed by atoms with Crippen LogP contribution in [0, 0.1) is 12.7 Å². The summed E-state index contributed by atoms with van der Waals surface area (Å²) in [7, 11) is 0. The van der Waals surface area contributed by atoms with E-state index >= 15 is 0 Å². The number of carbonyl (C=O) groups excluding carboxylic acids is 1. The fourth-order valence-electron chi connectivity index (χ4n) is 3.00. The molecule has 0 radical (unpaired) electrons. The fraction of sp³-hybridized carbons (Fsp3) is 0.444. The van der Waals surface area contributed by atoms with Gasteiger partial charge in [0.05, 0.1) is 6.54 Å². The molecule has 6 nitrogen and oxygen atoms in total. The molecule has 134 valence electrons. The van der Waals surface area contributed by atoms with Gasteiger partial charge in [-0.3, -0.25) is 14.6 Å². The Bertz CT molecular complexity index is 701. The van der Waals surface area contributed by atoms with Gasteiger partial charge >= 0.3 is 0 Å². The molecule has 7 heteroatoms. The van der Waals surface area contributed by atoms with Crippen molar-refractivity contribution in [3.05, 3.63) is 47.5 Å². The monoisotopic (exact) mass is 346 g/mol. The lowest BCUT2D eigenvalue weighted by molar-refractivity contribution is -0.117. The van der Waals surface area contributed by atoms with Crippen molar-refractivity contribution in [2.45, 2.75) is 19.9 Å². The Morgan fingerprint density at radius 3 is 2.64 bits per heavy atom. The molecule has 1 saturated heterocycles. The molecule has 0 spiro atoms. The summed E-state index contributed by atoms with van der Waals surface area (Å²) in [5.74, 6) is 0.830.